The van der Waals surface area contributed by atoms with Crippen LogP contribution in [0.3, 0.4) is 0 Å². The first kappa shape index (κ1) is 17.4. The van der Waals surface area contributed by atoms with Crippen molar-refractivity contribution in [2.75, 3.05) is 33.7 Å². The van der Waals surface area contributed by atoms with Gasteiger partial charge in [-0.25, -0.2) is 0 Å². The fourth-order valence-electron chi connectivity index (χ4n) is 1.69. The van der Waals surface area contributed by atoms with Gasteiger partial charge in [0.15, 0.2) is 0 Å². The molecule has 0 saturated heterocycles. The molecule has 0 fully saturated rings. The van der Waals surface area contributed by atoms with E-state index in [1.54, 1.807) is 0 Å². The van der Waals surface area contributed by atoms with E-state index >= 15 is 0 Å². The second-order valence-electron chi connectivity index (χ2n) is 6.03. The molecular weight excluding hydrogens is 226 g/mol. The summed E-state index contributed by atoms with van der Waals surface area (Å²) in [6.07, 6.45) is 1.04. The number of nitrogens with zero attached hydrogens (tertiary/aromatic N) is 1. The molecule has 4 heteroatoms. The summed E-state index contributed by atoms with van der Waals surface area (Å²) >= 11 is 0. The number of amides is 1. The minimum Gasteiger partial charge on any atom is -0.355 e. The minimum atomic E-state index is 0.0973. The van der Waals surface area contributed by atoms with Crippen LogP contribution in [0.2, 0.25) is 0 Å². The second-order valence-corrected chi connectivity index (χ2v) is 6.03. The lowest BCUT2D eigenvalue weighted by molar-refractivity contribution is -0.120. The van der Waals surface area contributed by atoms with Crippen LogP contribution in [0, 0.1) is 11.8 Å². The van der Waals surface area contributed by atoms with Gasteiger partial charge in [-0.3, -0.25) is 4.79 Å². The van der Waals surface area contributed by atoms with Crippen LogP contribution >= 0.6 is 0 Å². The standard InChI is InChI=1S/C14H31N3O/c1-11(2)7-8-15-14(18)9-16-13(12(3)4)10-17(5)6/h11-13,16H,7-10H2,1-6H3,(H,15,18). The van der Waals surface area contributed by atoms with Gasteiger partial charge in [0.25, 0.3) is 0 Å². The first-order valence-corrected chi connectivity index (χ1v) is 6.97. The molecule has 18 heavy (non-hydrogen) atoms. The van der Waals surface area contributed by atoms with Gasteiger partial charge >= 0.3 is 0 Å². The Morgan fingerprint density at radius 3 is 2.22 bits per heavy atom. The Hall–Kier alpha value is -0.610. The van der Waals surface area contributed by atoms with Gasteiger partial charge in [-0.05, 0) is 32.4 Å². The largest absolute Gasteiger partial charge is 0.355 e. The van der Waals surface area contributed by atoms with Crippen molar-refractivity contribution in [3.05, 3.63) is 0 Å². The maximum absolute atomic E-state index is 11.7. The van der Waals surface area contributed by atoms with Crippen LogP contribution in [-0.2, 0) is 4.79 Å². The number of likely N-dealkylation sites (N-methyl/N-ethyl adjacent to an activating group) is 1. The molecule has 0 aliphatic carbocycles. The summed E-state index contributed by atoms with van der Waals surface area (Å²) in [6, 6.07) is 0.357. The van der Waals surface area contributed by atoms with Crippen LogP contribution < -0.4 is 10.6 Å². The lowest BCUT2D eigenvalue weighted by Gasteiger charge is -2.25. The summed E-state index contributed by atoms with van der Waals surface area (Å²) in [6.45, 7) is 10.8. The fourth-order valence-corrected chi connectivity index (χ4v) is 1.69. The summed E-state index contributed by atoms with van der Waals surface area (Å²) in [5.74, 6) is 1.26. The van der Waals surface area contributed by atoms with Gasteiger partial charge in [-0.15, -0.1) is 0 Å². The molecule has 1 amide bonds. The van der Waals surface area contributed by atoms with Crippen molar-refractivity contribution in [2.24, 2.45) is 11.8 Å². The SMILES string of the molecule is CC(C)CCNC(=O)CNC(CN(C)C)C(C)C. The quantitative estimate of drug-likeness (QED) is 0.655. The molecule has 108 valence electrons. The molecular formula is C14H31N3O. The van der Waals surface area contributed by atoms with Gasteiger partial charge < -0.3 is 15.5 Å². The van der Waals surface area contributed by atoms with E-state index in [1.165, 1.54) is 0 Å². The van der Waals surface area contributed by atoms with Crippen molar-refractivity contribution >= 4 is 5.91 Å². The normalized spacial score (nSPS) is 13.4. The van der Waals surface area contributed by atoms with Gasteiger partial charge in [0.05, 0.1) is 6.54 Å². The van der Waals surface area contributed by atoms with Gasteiger partial charge in [-0.2, -0.15) is 0 Å². The van der Waals surface area contributed by atoms with Crippen molar-refractivity contribution in [1.82, 2.24) is 15.5 Å². The average molecular weight is 257 g/mol. The van der Waals surface area contributed by atoms with E-state index in [0.29, 0.717) is 24.4 Å². The Balaban J connectivity index is 3.85. The molecule has 4 nitrogen and oxygen atoms in total. The molecule has 1 unspecified atom stereocenters. The zero-order valence-corrected chi connectivity index (χ0v) is 12.9. The predicted octanol–water partition coefficient (Wildman–Crippen LogP) is 1.32. The zero-order chi connectivity index (χ0) is 14.1. The summed E-state index contributed by atoms with van der Waals surface area (Å²) in [7, 11) is 4.11. The lowest BCUT2D eigenvalue weighted by Crippen LogP contribution is -2.46. The molecule has 0 aromatic rings. The summed E-state index contributed by atoms with van der Waals surface area (Å²) in [4.78, 5) is 13.8. The summed E-state index contributed by atoms with van der Waals surface area (Å²) in [5, 5.41) is 6.28. The minimum absolute atomic E-state index is 0.0973. The molecule has 0 spiro atoms. The van der Waals surface area contributed by atoms with E-state index in [9.17, 15) is 4.79 Å². The lowest BCUT2D eigenvalue weighted by atomic mass is 10.0. The molecule has 0 heterocycles. The fraction of sp³-hybridized carbons (Fsp3) is 0.929. The van der Waals surface area contributed by atoms with E-state index < -0.39 is 0 Å². The monoisotopic (exact) mass is 257 g/mol. The topological polar surface area (TPSA) is 44.4 Å². The number of hydrogen-bond acceptors (Lipinski definition) is 3. The van der Waals surface area contributed by atoms with Gasteiger partial charge in [-0.1, -0.05) is 27.7 Å². The number of carbonyl (C=O) groups is 1. The summed E-state index contributed by atoms with van der Waals surface area (Å²) < 4.78 is 0. The van der Waals surface area contributed by atoms with E-state index in [-0.39, 0.29) is 5.91 Å². The molecule has 0 aromatic heterocycles. The number of nitrogens with one attached hydrogen (secondary N) is 2. The third-order valence-corrected chi connectivity index (χ3v) is 2.94. The molecule has 2 N–H and O–H groups in total. The highest BCUT2D eigenvalue weighted by molar-refractivity contribution is 5.77. The van der Waals surface area contributed by atoms with Crippen LogP contribution in [0.4, 0.5) is 0 Å². The third kappa shape index (κ3) is 9.42. The van der Waals surface area contributed by atoms with Crippen LogP contribution in [-0.4, -0.2) is 50.6 Å². The molecule has 0 rings (SSSR count). The van der Waals surface area contributed by atoms with Gasteiger partial charge in [0, 0.05) is 19.1 Å². The maximum atomic E-state index is 11.7. The highest BCUT2D eigenvalue weighted by Crippen LogP contribution is 2.02. The van der Waals surface area contributed by atoms with Crippen molar-refractivity contribution < 1.29 is 4.79 Å². The molecule has 0 aromatic carbocycles. The van der Waals surface area contributed by atoms with Crippen molar-refractivity contribution in [3.63, 3.8) is 0 Å². The Kier molecular flexibility index (Phi) is 9.02. The van der Waals surface area contributed by atoms with Crippen LogP contribution in [0.25, 0.3) is 0 Å². The van der Waals surface area contributed by atoms with E-state index in [4.69, 9.17) is 0 Å². The number of rotatable bonds is 9. The van der Waals surface area contributed by atoms with Gasteiger partial charge in [0.2, 0.25) is 5.91 Å². The van der Waals surface area contributed by atoms with E-state index in [2.05, 4.69) is 57.3 Å². The van der Waals surface area contributed by atoms with E-state index in [0.717, 1.165) is 19.5 Å². The first-order valence-electron chi connectivity index (χ1n) is 6.97. The van der Waals surface area contributed by atoms with E-state index in [1.807, 2.05) is 0 Å². The molecule has 0 aliphatic rings. The smallest absolute Gasteiger partial charge is 0.233 e. The molecule has 0 aliphatic heterocycles. The summed E-state index contributed by atoms with van der Waals surface area (Å²) in [5.41, 5.74) is 0. The Bertz CT molecular complexity index is 227. The van der Waals surface area contributed by atoms with Crippen LogP contribution in [0.5, 0.6) is 0 Å². The Morgan fingerprint density at radius 1 is 1.17 bits per heavy atom. The second kappa shape index (κ2) is 9.34. The van der Waals surface area contributed by atoms with Gasteiger partial charge in [0.1, 0.15) is 0 Å². The van der Waals surface area contributed by atoms with Crippen molar-refractivity contribution in [1.29, 1.82) is 0 Å². The number of hydrogen-bond donors (Lipinski definition) is 2. The average Bonchev–Trinajstić information content (AvgIpc) is 2.22. The van der Waals surface area contributed by atoms with Crippen molar-refractivity contribution in [2.45, 2.75) is 40.2 Å². The molecule has 0 saturated carbocycles. The van der Waals surface area contributed by atoms with Crippen molar-refractivity contribution in [3.8, 4) is 0 Å². The Labute approximate surface area is 113 Å². The Morgan fingerprint density at radius 2 is 1.78 bits per heavy atom. The highest BCUT2D eigenvalue weighted by Gasteiger charge is 2.14. The third-order valence-electron chi connectivity index (χ3n) is 2.94. The zero-order valence-electron chi connectivity index (χ0n) is 12.9. The first-order chi connectivity index (χ1) is 8.32. The maximum Gasteiger partial charge on any atom is 0.233 e. The molecule has 0 bridgehead atoms. The predicted molar refractivity (Wildman–Crippen MR) is 77.6 cm³/mol. The molecule has 1 atom stereocenters. The van der Waals surface area contributed by atoms with Crippen LogP contribution in [0.1, 0.15) is 34.1 Å². The molecule has 0 radical (unpaired) electrons. The number of carbonyl (C=O) groups excluding carboxylic acids is 1. The highest BCUT2D eigenvalue weighted by atomic mass is 16.1. The van der Waals surface area contributed by atoms with Crippen LogP contribution in [0.15, 0.2) is 0 Å².